The average Bonchev–Trinajstić information content (AvgIpc) is 2.55. The molecule has 0 aromatic heterocycles. The van der Waals surface area contributed by atoms with Crippen LogP contribution in [-0.2, 0) is 24.2 Å². The Morgan fingerprint density at radius 3 is 2.00 bits per heavy atom. The number of hydrogen-bond donors (Lipinski definition) is 1. The molecule has 2 rings (SSSR count). The van der Waals surface area contributed by atoms with E-state index in [1.54, 1.807) is 4.90 Å². The second kappa shape index (κ2) is 7.04. The van der Waals surface area contributed by atoms with Crippen LogP contribution < -0.4 is 10.6 Å². The minimum absolute atomic E-state index is 0.0831. The third-order valence-electron chi connectivity index (χ3n) is 3.72. The Kier molecular flexibility index (Phi) is 5.12. The molecule has 0 saturated carbocycles. The molecule has 0 radical (unpaired) electrons. The molecule has 0 bridgehead atoms. The Bertz CT molecular complexity index is 588. The van der Waals surface area contributed by atoms with Gasteiger partial charge in [-0.3, -0.25) is 4.79 Å². The Labute approximate surface area is 126 Å². The maximum absolute atomic E-state index is 12.3. The summed E-state index contributed by atoms with van der Waals surface area (Å²) in [5, 5.41) is 0. The number of carbonyl (C=O) groups excluding carboxylic acids is 1. The fourth-order valence-corrected chi connectivity index (χ4v) is 2.19. The van der Waals surface area contributed by atoms with Gasteiger partial charge in [-0.15, -0.1) is 0 Å². The molecule has 0 heterocycles. The molecule has 2 aromatic rings. The number of benzene rings is 2. The molecule has 3 heteroatoms. The molecule has 0 aliphatic heterocycles. The maximum Gasteiger partial charge on any atom is 0.231 e. The van der Waals surface area contributed by atoms with Crippen LogP contribution in [0.15, 0.2) is 48.5 Å². The van der Waals surface area contributed by atoms with Crippen molar-refractivity contribution in [3.63, 3.8) is 0 Å². The highest BCUT2D eigenvalue weighted by Crippen LogP contribution is 2.16. The molecule has 1 amide bonds. The molecule has 3 nitrogen and oxygen atoms in total. The van der Waals surface area contributed by atoms with Gasteiger partial charge < -0.3 is 10.6 Å². The van der Waals surface area contributed by atoms with E-state index in [1.165, 1.54) is 5.56 Å². The Hall–Kier alpha value is -2.13. The lowest BCUT2D eigenvalue weighted by molar-refractivity contribution is -0.117. The number of nitrogens with two attached hydrogens (primary N) is 1. The van der Waals surface area contributed by atoms with Crippen molar-refractivity contribution in [2.75, 3.05) is 11.9 Å². The molecule has 0 unspecified atom stereocenters. The molecule has 0 saturated heterocycles. The van der Waals surface area contributed by atoms with Gasteiger partial charge in [0.2, 0.25) is 5.91 Å². The van der Waals surface area contributed by atoms with Gasteiger partial charge in [0.15, 0.2) is 0 Å². The van der Waals surface area contributed by atoms with Crippen molar-refractivity contribution >= 4 is 11.6 Å². The van der Waals surface area contributed by atoms with Crippen LogP contribution in [0.5, 0.6) is 0 Å². The quantitative estimate of drug-likeness (QED) is 0.916. The van der Waals surface area contributed by atoms with Crippen LogP contribution in [0.3, 0.4) is 0 Å². The van der Waals surface area contributed by atoms with Crippen molar-refractivity contribution in [2.24, 2.45) is 5.73 Å². The van der Waals surface area contributed by atoms with Crippen molar-refractivity contribution in [1.82, 2.24) is 0 Å². The largest absolute Gasteiger partial charge is 0.326 e. The van der Waals surface area contributed by atoms with Gasteiger partial charge in [0, 0.05) is 19.3 Å². The summed E-state index contributed by atoms with van der Waals surface area (Å²) >= 11 is 0. The molecule has 2 aromatic carbocycles. The summed E-state index contributed by atoms with van der Waals surface area (Å²) in [7, 11) is 1.82. The van der Waals surface area contributed by atoms with Crippen LogP contribution in [0.1, 0.15) is 23.6 Å². The van der Waals surface area contributed by atoms with Gasteiger partial charge in [-0.1, -0.05) is 43.3 Å². The smallest absolute Gasteiger partial charge is 0.231 e. The minimum atomic E-state index is 0.0831. The minimum Gasteiger partial charge on any atom is -0.326 e. The number of carbonyl (C=O) groups is 1. The van der Waals surface area contributed by atoms with E-state index in [0.29, 0.717) is 13.0 Å². The first-order valence-electron chi connectivity index (χ1n) is 7.27. The molecule has 110 valence electrons. The fraction of sp³-hybridized carbons (Fsp3) is 0.278. The molecule has 0 fully saturated rings. The second-order valence-electron chi connectivity index (χ2n) is 5.17. The van der Waals surface area contributed by atoms with Crippen LogP contribution in [-0.4, -0.2) is 13.0 Å². The zero-order chi connectivity index (χ0) is 15.2. The fourth-order valence-electron chi connectivity index (χ4n) is 2.19. The highest BCUT2D eigenvalue weighted by Gasteiger charge is 2.11. The number of amides is 1. The highest BCUT2D eigenvalue weighted by molar-refractivity contribution is 5.94. The summed E-state index contributed by atoms with van der Waals surface area (Å²) in [6.45, 7) is 2.65. The third kappa shape index (κ3) is 3.92. The number of aryl methyl sites for hydroxylation is 1. The molecule has 0 spiro atoms. The van der Waals surface area contributed by atoms with Crippen LogP contribution >= 0.6 is 0 Å². The first kappa shape index (κ1) is 15.3. The Morgan fingerprint density at radius 1 is 0.952 bits per heavy atom. The van der Waals surface area contributed by atoms with E-state index in [0.717, 1.165) is 23.2 Å². The third-order valence-corrected chi connectivity index (χ3v) is 3.72. The van der Waals surface area contributed by atoms with Crippen LogP contribution in [0.4, 0.5) is 5.69 Å². The van der Waals surface area contributed by atoms with Crippen molar-refractivity contribution in [3.05, 3.63) is 65.2 Å². The zero-order valence-electron chi connectivity index (χ0n) is 12.7. The predicted molar refractivity (Wildman–Crippen MR) is 87.3 cm³/mol. The molecular formula is C18H22N2O. The van der Waals surface area contributed by atoms with E-state index >= 15 is 0 Å². The topological polar surface area (TPSA) is 46.3 Å². The van der Waals surface area contributed by atoms with Crippen molar-refractivity contribution in [2.45, 2.75) is 26.3 Å². The lowest BCUT2D eigenvalue weighted by Gasteiger charge is -2.18. The summed E-state index contributed by atoms with van der Waals surface area (Å²) < 4.78 is 0. The van der Waals surface area contributed by atoms with Crippen LogP contribution in [0.25, 0.3) is 0 Å². The number of hydrogen-bond acceptors (Lipinski definition) is 2. The molecule has 2 N–H and O–H groups in total. The van der Waals surface area contributed by atoms with Gasteiger partial charge in [-0.25, -0.2) is 0 Å². The van der Waals surface area contributed by atoms with Gasteiger partial charge in [0.05, 0.1) is 6.42 Å². The second-order valence-corrected chi connectivity index (χ2v) is 5.17. The SMILES string of the molecule is CCc1ccc(N(C)C(=O)Cc2ccc(CN)cc2)cc1. The monoisotopic (exact) mass is 282 g/mol. The lowest BCUT2D eigenvalue weighted by atomic mass is 10.1. The summed E-state index contributed by atoms with van der Waals surface area (Å²) in [6, 6.07) is 16.0. The van der Waals surface area contributed by atoms with Crippen LogP contribution in [0.2, 0.25) is 0 Å². The number of rotatable bonds is 5. The summed E-state index contributed by atoms with van der Waals surface area (Å²) in [5.74, 6) is 0.0831. The standard InChI is InChI=1S/C18H22N2O/c1-3-14-8-10-17(11-9-14)20(2)18(21)12-15-4-6-16(13-19)7-5-15/h4-11H,3,12-13,19H2,1-2H3. The van der Waals surface area contributed by atoms with Gasteiger partial charge in [-0.2, -0.15) is 0 Å². The first-order chi connectivity index (χ1) is 10.1. The summed E-state index contributed by atoms with van der Waals surface area (Å²) in [6.07, 6.45) is 1.41. The molecular weight excluding hydrogens is 260 g/mol. The molecule has 21 heavy (non-hydrogen) atoms. The van der Waals surface area contributed by atoms with E-state index in [1.807, 2.05) is 43.4 Å². The first-order valence-corrected chi connectivity index (χ1v) is 7.27. The molecule has 0 aliphatic carbocycles. The van der Waals surface area contributed by atoms with E-state index in [2.05, 4.69) is 19.1 Å². The maximum atomic E-state index is 12.3. The molecule has 0 atom stereocenters. The van der Waals surface area contributed by atoms with E-state index in [4.69, 9.17) is 5.73 Å². The predicted octanol–water partition coefficient (Wildman–Crippen LogP) is 2.91. The van der Waals surface area contributed by atoms with Crippen molar-refractivity contribution in [3.8, 4) is 0 Å². The van der Waals surface area contributed by atoms with E-state index in [-0.39, 0.29) is 5.91 Å². The summed E-state index contributed by atoms with van der Waals surface area (Å²) in [4.78, 5) is 14.0. The van der Waals surface area contributed by atoms with Gasteiger partial charge >= 0.3 is 0 Å². The van der Waals surface area contributed by atoms with Gasteiger partial charge in [-0.05, 0) is 35.2 Å². The van der Waals surface area contributed by atoms with Gasteiger partial charge in [0.25, 0.3) is 0 Å². The van der Waals surface area contributed by atoms with Gasteiger partial charge in [0.1, 0.15) is 0 Å². The average molecular weight is 282 g/mol. The normalized spacial score (nSPS) is 10.4. The van der Waals surface area contributed by atoms with Crippen molar-refractivity contribution in [1.29, 1.82) is 0 Å². The van der Waals surface area contributed by atoms with Crippen LogP contribution in [0, 0.1) is 0 Å². The number of nitrogens with zero attached hydrogens (tertiary/aromatic N) is 1. The summed E-state index contributed by atoms with van der Waals surface area (Å²) in [5.41, 5.74) is 9.86. The molecule has 0 aliphatic rings. The van der Waals surface area contributed by atoms with Crippen molar-refractivity contribution < 1.29 is 4.79 Å². The number of anilines is 1. The zero-order valence-corrected chi connectivity index (χ0v) is 12.7. The Balaban J connectivity index is 2.03. The van der Waals surface area contributed by atoms with E-state index < -0.39 is 0 Å². The lowest BCUT2D eigenvalue weighted by Crippen LogP contribution is -2.27. The van der Waals surface area contributed by atoms with E-state index in [9.17, 15) is 4.79 Å². The highest BCUT2D eigenvalue weighted by atomic mass is 16.2. The number of likely N-dealkylation sites (N-methyl/N-ethyl adjacent to an activating group) is 1. The Morgan fingerprint density at radius 2 is 1.48 bits per heavy atom.